The van der Waals surface area contributed by atoms with E-state index in [1.54, 1.807) is 24.3 Å². The molecule has 1 heterocycles. The lowest BCUT2D eigenvalue weighted by molar-refractivity contribution is -0.140. The minimum absolute atomic E-state index is 0.0677. The van der Waals surface area contributed by atoms with Crippen molar-refractivity contribution in [2.45, 2.75) is 33.4 Å². The summed E-state index contributed by atoms with van der Waals surface area (Å²) >= 11 is 0. The van der Waals surface area contributed by atoms with Gasteiger partial charge in [-0.2, -0.15) is 0 Å². The van der Waals surface area contributed by atoms with Crippen molar-refractivity contribution in [1.29, 1.82) is 0 Å². The number of carbonyl (C=O) groups excluding carboxylic acids is 2. The first-order valence-corrected chi connectivity index (χ1v) is 12.2. The standard InChI is InChI=1S/C30H31NO5/c1-4-35-24-15-13-21(14-16-24)18-31-27(22-9-6-5-7-10-22)26(29(33)30(31)34)28(32)23-11-8-12-25(17-23)36-19-20(2)3/h5-17,20,27,32H,4,18-19H2,1-3H3/b28-26-. The van der Waals surface area contributed by atoms with Gasteiger partial charge in [-0.25, -0.2) is 0 Å². The summed E-state index contributed by atoms with van der Waals surface area (Å²) in [6, 6.07) is 23.0. The summed E-state index contributed by atoms with van der Waals surface area (Å²) in [5, 5.41) is 11.3. The Labute approximate surface area is 211 Å². The molecule has 1 unspecified atom stereocenters. The van der Waals surface area contributed by atoms with Gasteiger partial charge in [-0.15, -0.1) is 0 Å². The molecule has 4 rings (SSSR count). The Morgan fingerprint density at radius 1 is 0.917 bits per heavy atom. The summed E-state index contributed by atoms with van der Waals surface area (Å²) in [5.74, 6) is 0.0991. The first kappa shape index (κ1) is 25.0. The number of Topliss-reactive ketones (excluding diaryl/α,β-unsaturated/α-hetero) is 1. The number of likely N-dealkylation sites (tertiary alicyclic amines) is 1. The zero-order valence-corrected chi connectivity index (χ0v) is 20.8. The fourth-order valence-corrected chi connectivity index (χ4v) is 4.23. The van der Waals surface area contributed by atoms with E-state index in [1.165, 1.54) is 4.90 Å². The average molecular weight is 486 g/mol. The van der Waals surface area contributed by atoms with Crippen LogP contribution in [-0.2, 0) is 16.1 Å². The van der Waals surface area contributed by atoms with Crippen molar-refractivity contribution in [1.82, 2.24) is 4.90 Å². The maximum absolute atomic E-state index is 13.3. The Hall–Kier alpha value is -4.06. The van der Waals surface area contributed by atoms with E-state index < -0.39 is 17.7 Å². The lowest BCUT2D eigenvalue weighted by Gasteiger charge is -2.25. The van der Waals surface area contributed by atoms with Crippen LogP contribution in [0, 0.1) is 5.92 Å². The van der Waals surface area contributed by atoms with Crippen LogP contribution in [0.3, 0.4) is 0 Å². The van der Waals surface area contributed by atoms with Crippen molar-refractivity contribution in [2.24, 2.45) is 5.92 Å². The molecule has 3 aromatic carbocycles. The Balaban J connectivity index is 1.74. The molecule has 0 spiro atoms. The lowest BCUT2D eigenvalue weighted by atomic mass is 9.95. The normalized spacial score (nSPS) is 17.0. The SMILES string of the molecule is CCOc1ccc(CN2C(=O)C(=O)/C(=C(\O)c3cccc(OCC(C)C)c3)C2c2ccccc2)cc1. The summed E-state index contributed by atoms with van der Waals surface area (Å²) in [4.78, 5) is 28.0. The number of carbonyl (C=O) groups is 2. The van der Waals surface area contributed by atoms with Crippen LogP contribution in [0.25, 0.3) is 5.76 Å². The van der Waals surface area contributed by atoms with Gasteiger partial charge in [-0.3, -0.25) is 9.59 Å². The maximum Gasteiger partial charge on any atom is 0.295 e. The molecule has 1 N–H and O–H groups in total. The number of hydrogen-bond acceptors (Lipinski definition) is 5. The smallest absolute Gasteiger partial charge is 0.295 e. The fraction of sp³-hybridized carbons (Fsp3) is 0.267. The van der Waals surface area contributed by atoms with Gasteiger partial charge in [0, 0.05) is 12.1 Å². The number of ether oxygens (including phenoxy) is 2. The maximum atomic E-state index is 13.3. The number of nitrogens with zero attached hydrogens (tertiary/aromatic N) is 1. The molecule has 0 aliphatic carbocycles. The minimum atomic E-state index is -0.724. The molecule has 1 aliphatic heterocycles. The lowest BCUT2D eigenvalue weighted by Crippen LogP contribution is -2.29. The van der Waals surface area contributed by atoms with Crippen LogP contribution in [0.4, 0.5) is 0 Å². The van der Waals surface area contributed by atoms with Crippen molar-refractivity contribution in [3.8, 4) is 11.5 Å². The van der Waals surface area contributed by atoms with Crippen LogP contribution in [0.5, 0.6) is 11.5 Å². The van der Waals surface area contributed by atoms with Gasteiger partial charge in [0.25, 0.3) is 11.7 Å². The zero-order valence-electron chi connectivity index (χ0n) is 20.8. The molecule has 1 aliphatic rings. The third-order valence-corrected chi connectivity index (χ3v) is 5.93. The second kappa shape index (κ2) is 11.1. The van der Waals surface area contributed by atoms with Crippen LogP contribution in [-0.4, -0.2) is 34.9 Å². The van der Waals surface area contributed by atoms with Crippen molar-refractivity contribution in [2.75, 3.05) is 13.2 Å². The molecule has 6 nitrogen and oxygen atoms in total. The van der Waals surface area contributed by atoms with E-state index in [1.807, 2.05) is 61.5 Å². The zero-order chi connectivity index (χ0) is 25.7. The Bertz CT molecular complexity index is 1250. The highest BCUT2D eigenvalue weighted by Gasteiger charge is 2.46. The molecule has 36 heavy (non-hydrogen) atoms. The summed E-state index contributed by atoms with van der Waals surface area (Å²) in [6.07, 6.45) is 0. The molecule has 0 aromatic heterocycles. The number of benzene rings is 3. The number of hydrogen-bond donors (Lipinski definition) is 1. The van der Waals surface area contributed by atoms with Gasteiger partial charge < -0.3 is 19.5 Å². The summed E-state index contributed by atoms with van der Waals surface area (Å²) in [6.45, 7) is 7.32. The van der Waals surface area contributed by atoms with Crippen LogP contribution in [0.2, 0.25) is 0 Å². The van der Waals surface area contributed by atoms with Crippen LogP contribution >= 0.6 is 0 Å². The minimum Gasteiger partial charge on any atom is -0.507 e. The van der Waals surface area contributed by atoms with E-state index in [2.05, 4.69) is 13.8 Å². The van der Waals surface area contributed by atoms with E-state index in [0.29, 0.717) is 30.4 Å². The average Bonchev–Trinajstić information content (AvgIpc) is 3.14. The quantitative estimate of drug-likeness (QED) is 0.238. The predicted octanol–water partition coefficient (Wildman–Crippen LogP) is 5.74. The Kier molecular flexibility index (Phi) is 7.74. The predicted molar refractivity (Wildman–Crippen MR) is 139 cm³/mol. The Morgan fingerprint density at radius 3 is 2.31 bits per heavy atom. The number of amides is 1. The van der Waals surface area contributed by atoms with Gasteiger partial charge in [0.15, 0.2) is 0 Å². The van der Waals surface area contributed by atoms with Crippen LogP contribution in [0.1, 0.15) is 43.5 Å². The first-order chi connectivity index (χ1) is 17.4. The molecule has 1 atom stereocenters. The van der Waals surface area contributed by atoms with Crippen molar-refractivity contribution in [3.63, 3.8) is 0 Å². The highest BCUT2D eigenvalue weighted by molar-refractivity contribution is 6.46. The fourth-order valence-electron chi connectivity index (χ4n) is 4.23. The molecule has 0 saturated carbocycles. The van der Waals surface area contributed by atoms with Gasteiger partial charge in [0.1, 0.15) is 17.3 Å². The molecule has 0 bridgehead atoms. The number of rotatable bonds is 9. The van der Waals surface area contributed by atoms with E-state index in [0.717, 1.165) is 16.9 Å². The third kappa shape index (κ3) is 5.43. The van der Waals surface area contributed by atoms with Crippen molar-refractivity contribution < 1.29 is 24.2 Å². The summed E-state index contributed by atoms with van der Waals surface area (Å²) in [5.41, 5.74) is 2.09. The van der Waals surface area contributed by atoms with Gasteiger partial charge in [0.2, 0.25) is 0 Å². The van der Waals surface area contributed by atoms with Gasteiger partial charge >= 0.3 is 0 Å². The summed E-state index contributed by atoms with van der Waals surface area (Å²) < 4.78 is 11.3. The van der Waals surface area contributed by atoms with E-state index in [4.69, 9.17) is 9.47 Å². The van der Waals surface area contributed by atoms with E-state index in [-0.39, 0.29) is 17.9 Å². The molecule has 3 aromatic rings. The highest BCUT2D eigenvalue weighted by atomic mass is 16.5. The third-order valence-electron chi connectivity index (χ3n) is 5.93. The monoisotopic (exact) mass is 485 g/mol. The molecule has 1 fully saturated rings. The number of aliphatic hydroxyl groups excluding tert-OH is 1. The van der Waals surface area contributed by atoms with Crippen LogP contribution in [0.15, 0.2) is 84.4 Å². The molecule has 1 amide bonds. The molecular formula is C30H31NO5. The molecular weight excluding hydrogens is 454 g/mol. The highest BCUT2D eigenvalue weighted by Crippen LogP contribution is 2.40. The van der Waals surface area contributed by atoms with Gasteiger partial charge in [-0.05, 0) is 48.2 Å². The summed E-state index contributed by atoms with van der Waals surface area (Å²) in [7, 11) is 0. The van der Waals surface area contributed by atoms with Crippen LogP contribution < -0.4 is 9.47 Å². The van der Waals surface area contributed by atoms with Crippen molar-refractivity contribution >= 4 is 17.4 Å². The second-order valence-corrected chi connectivity index (χ2v) is 9.15. The van der Waals surface area contributed by atoms with E-state index >= 15 is 0 Å². The number of ketones is 1. The topological polar surface area (TPSA) is 76.1 Å². The van der Waals surface area contributed by atoms with Gasteiger partial charge in [0.05, 0.1) is 24.8 Å². The molecule has 0 radical (unpaired) electrons. The first-order valence-electron chi connectivity index (χ1n) is 12.2. The second-order valence-electron chi connectivity index (χ2n) is 9.15. The van der Waals surface area contributed by atoms with Gasteiger partial charge in [-0.1, -0.05) is 68.4 Å². The largest absolute Gasteiger partial charge is 0.507 e. The number of aliphatic hydroxyl groups is 1. The van der Waals surface area contributed by atoms with Crippen molar-refractivity contribution in [3.05, 3.63) is 101 Å². The van der Waals surface area contributed by atoms with E-state index in [9.17, 15) is 14.7 Å². The molecule has 6 heteroatoms. The molecule has 1 saturated heterocycles. The Morgan fingerprint density at radius 2 is 1.64 bits per heavy atom. The molecule has 186 valence electrons.